The summed E-state index contributed by atoms with van der Waals surface area (Å²) in [6.07, 6.45) is 6.37. The Balaban J connectivity index is 1.28. The molecule has 6 atom stereocenters. The van der Waals surface area contributed by atoms with E-state index < -0.39 is 35.6 Å². The lowest BCUT2D eigenvalue weighted by Crippen LogP contribution is -2.65. The first-order valence-corrected chi connectivity index (χ1v) is 16.6. The highest BCUT2D eigenvalue weighted by Gasteiger charge is 2.68. The third-order valence-corrected chi connectivity index (χ3v) is 10.3. The first-order chi connectivity index (χ1) is 22.3. The van der Waals surface area contributed by atoms with Crippen molar-refractivity contribution >= 4 is 41.7 Å². The first-order valence-electron chi connectivity index (χ1n) is 16.6. The zero-order chi connectivity index (χ0) is 33.9. The van der Waals surface area contributed by atoms with Crippen molar-refractivity contribution in [3.8, 4) is 0 Å². The van der Waals surface area contributed by atoms with Crippen LogP contribution in [-0.4, -0.2) is 60.2 Å². The number of rotatable bonds is 13. The van der Waals surface area contributed by atoms with Gasteiger partial charge in [0.05, 0.1) is 17.6 Å². The van der Waals surface area contributed by atoms with Crippen LogP contribution in [0.15, 0.2) is 53.5 Å². The molecule has 47 heavy (non-hydrogen) atoms. The number of fused-ring (bicyclic) bond motifs is 1. The molecule has 4 fully saturated rings. The molecule has 12 nitrogen and oxygen atoms in total. The van der Waals surface area contributed by atoms with Crippen molar-refractivity contribution in [1.82, 2.24) is 16.1 Å². The monoisotopic (exact) mass is 646 g/mol. The van der Waals surface area contributed by atoms with E-state index in [2.05, 4.69) is 50.2 Å². The largest absolute Gasteiger partial charge is 0.481 e. The van der Waals surface area contributed by atoms with Crippen LogP contribution in [0, 0.1) is 33.3 Å². The van der Waals surface area contributed by atoms with Crippen LogP contribution >= 0.6 is 0 Å². The average molecular weight is 647 g/mol. The van der Waals surface area contributed by atoms with Gasteiger partial charge in [-0.25, -0.2) is 15.1 Å². The van der Waals surface area contributed by atoms with Gasteiger partial charge in [-0.3, -0.25) is 9.59 Å². The Bertz CT molecular complexity index is 1550. The average Bonchev–Trinajstić information content (AvgIpc) is 3.37. The van der Waals surface area contributed by atoms with E-state index >= 15 is 0 Å². The molecular formula is C34H47BN6O6. The van der Waals surface area contributed by atoms with Gasteiger partial charge in [-0.2, -0.15) is 0 Å². The highest BCUT2D eigenvalue weighted by atomic mass is 16.7. The number of nitrogens with two attached hydrogens (primary N) is 1. The number of aliphatic imine (C=N–C) groups is 1. The molecule has 0 radical (unpaired) electrons. The lowest BCUT2D eigenvalue weighted by Gasteiger charge is -2.64. The Morgan fingerprint density at radius 2 is 1.89 bits per heavy atom. The van der Waals surface area contributed by atoms with E-state index in [0.29, 0.717) is 24.7 Å². The van der Waals surface area contributed by atoms with Crippen LogP contribution in [0.2, 0.25) is 0 Å². The Labute approximate surface area is 276 Å². The third kappa shape index (κ3) is 7.78. The first kappa shape index (κ1) is 34.4. The minimum Gasteiger partial charge on any atom is -0.404 e. The number of nitrogens with zero attached hydrogens (tertiary/aromatic N) is 2. The van der Waals surface area contributed by atoms with Crippen LogP contribution in [0.4, 0.5) is 0 Å². The van der Waals surface area contributed by atoms with Crippen LogP contribution in [-0.2, 0) is 18.9 Å². The number of carbonyl (C=O) groups is 2. The molecule has 2 bridgehead atoms. The maximum absolute atomic E-state index is 13.9. The summed E-state index contributed by atoms with van der Waals surface area (Å²) in [5, 5.41) is 18.0. The highest BCUT2D eigenvalue weighted by Crippen LogP contribution is 2.65. The summed E-state index contributed by atoms with van der Waals surface area (Å²) in [5.41, 5.74) is 7.98. The van der Waals surface area contributed by atoms with E-state index in [1.54, 1.807) is 11.5 Å². The van der Waals surface area contributed by atoms with Crippen molar-refractivity contribution in [1.29, 1.82) is 0 Å². The predicted molar refractivity (Wildman–Crippen MR) is 182 cm³/mol. The minimum atomic E-state index is -0.899. The topological polar surface area (TPSA) is 170 Å². The van der Waals surface area contributed by atoms with Gasteiger partial charge in [-0.1, -0.05) is 69.5 Å². The van der Waals surface area contributed by atoms with Crippen molar-refractivity contribution < 1.29 is 23.9 Å². The number of hydrogen-bond donors (Lipinski definition) is 4. The van der Waals surface area contributed by atoms with Gasteiger partial charge in [0, 0.05) is 12.6 Å². The van der Waals surface area contributed by atoms with Gasteiger partial charge in [0.25, 0.3) is 5.96 Å². The molecule has 2 aromatic rings. The lowest BCUT2D eigenvalue weighted by molar-refractivity contribution is -0.525. The summed E-state index contributed by atoms with van der Waals surface area (Å²) in [5.74, 6) is -0.301. The van der Waals surface area contributed by atoms with Crippen LogP contribution in [0.1, 0.15) is 72.3 Å². The number of benzene rings is 2. The Hall–Kier alpha value is -3.97. The number of carbonyl (C=O) groups excluding carboxylic acids is 2. The number of hydrazine groups is 1. The number of nitrogens with one attached hydrogen (secondary N) is 3. The Morgan fingerprint density at radius 1 is 1.15 bits per heavy atom. The zero-order valence-electron chi connectivity index (χ0n) is 27.9. The van der Waals surface area contributed by atoms with Crippen molar-refractivity contribution in [2.45, 2.75) is 90.4 Å². The molecular weight excluding hydrogens is 599 g/mol. The molecule has 6 rings (SSSR count). The van der Waals surface area contributed by atoms with E-state index in [1.165, 1.54) is 6.08 Å². The second kappa shape index (κ2) is 14.0. The van der Waals surface area contributed by atoms with Crippen molar-refractivity contribution in [2.24, 2.45) is 33.9 Å². The molecule has 13 heteroatoms. The summed E-state index contributed by atoms with van der Waals surface area (Å²) in [7, 11) is -0.603. The molecule has 5 N–H and O–H groups in total. The van der Waals surface area contributed by atoms with Gasteiger partial charge < -0.3 is 25.7 Å². The predicted octanol–water partition coefficient (Wildman–Crippen LogP) is 4.01. The van der Waals surface area contributed by atoms with Gasteiger partial charge in [0.15, 0.2) is 5.03 Å². The fraction of sp³-hybridized carbons (Fsp3) is 0.559. The summed E-state index contributed by atoms with van der Waals surface area (Å²) >= 11 is 0. The molecule has 0 unspecified atom stereocenters. The van der Waals surface area contributed by atoms with Gasteiger partial charge in [-0.05, 0) is 90.7 Å². The molecule has 0 spiro atoms. The van der Waals surface area contributed by atoms with Crippen molar-refractivity contribution in [2.75, 3.05) is 6.54 Å². The maximum Gasteiger partial charge on any atom is 0.481 e. The number of hydrogen-bond acceptors (Lipinski definition) is 7. The molecule has 4 aliphatic rings. The fourth-order valence-corrected chi connectivity index (χ4v) is 7.70. The summed E-state index contributed by atoms with van der Waals surface area (Å²) in [6.45, 7) is 11.1. The van der Waals surface area contributed by atoms with Crippen molar-refractivity contribution in [3.05, 3.63) is 64.2 Å². The van der Waals surface area contributed by atoms with Gasteiger partial charge in [0.2, 0.25) is 11.8 Å². The summed E-state index contributed by atoms with van der Waals surface area (Å²) in [6, 6.07) is 13.0. The lowest BCUT2D eigenvalue weighted by atomic mass is 9.43. The van der Waals surface area contributed by atoms with E-state index in [-0.39, 0.29) is 42.3 Å². The zero-order valence-corrected chi connectivity index (χ0v) is 27.9. The fourth-order valence-electron chi connectivity index (χ4n) is 7.70. The Kier molecular flexibility index (Phi) is 10.3. The van der Waals surface area contributed by atoms with Crippen LogP contribution in [0.3, 0.4) is 0 Å². The maximum atomic E-state index is 13.9. The second-order valence-corrected chi connectivity index (χ2v) is 14.4. The van der Waals surface area contributed by atoms with Crippen LogP contribution in [0.5, 0.6) is 0 Å². The summed E-state index contributed by atoms with van der Waals surface area (Å²) in [4.78, 5) is 41.6. The highest BCUT2D eigenvalue weighted by molar-refractivity contribution is 6.48. The normalized spacial score (nSPS) is 26.0. The van der Waals surface area contributed by atoms with E-state index in [1.807, 2.05) is 42.5 Å². The van der Waals surface area contributed by atoms with Crippen LogP contribution in [0.25, 0.3) is 16.8 Å². The molecule has 2 amide bonds. The molecule has 3 saturated carbocycles. The standard InChI is InChI=1S/C34H47BN6O6/c1-21(2)17-29(35-46-28-20-25-19-27(33(25,3)4)34(28,5)47-35)39-31(43)26(11-8-16-37-32(36)40-41(44)45)38-30(42)15-13-22-12-14-23-9-6-7-10-24(23)18-22/h6-7,9-10,12-15,18,21,25-29H,8,11,16-17,19-20H2,1-5H3,(H,38,42)(H,39,43)(H3,36,37,40)/t25-,26-,27-,28+,29-,34-/m0/s1. The number of nitro groups is 1. The third-order valence-electron chi connectivity index (χ3n) is 10.3. The molecule has 1 heterocycles. The molecule has 1 saturated heterocycles. The van der Waals surface area contributed by atoms with Crippen LogP contribution < -0.4 is 21.8 Å². The van der Waals surface area contributed by atoms with Gasteiger partial charge in [-0.15, -0.1) is 0 Å². The number of guanidine groups is 1. The minimum absolute atomic E-state index is 0.0253. The Morgan fingerprint density at radius 3 is 2.60 bits per heavy atom. The quantitative estimate of drug-likeness (QED) is 0.0481. The van der Waals surface area contributed by atoms with E-state index in [0.717, 1.165) is 29.2 Å². The summed E-state index contributed by atoms with van der Waals surface area (Å²) < 4.78 is 13.2. The van der Waals surface area contributed by atoms with Gasteiger partial charge in [0.1, 0.15) is 6.04 Å². The molecule has 2 aromatic carbocycles. The van der Waals surface area contributed by atoms with Gasteiger partial charge >= 0.3 is 7.12 Å². The second-order valence-electron chi connectivity index (χ2n) is 14.4. The molecule has 3 aliphatic carbocycles. The van der Waals surface area contributed by atoms with E-state index in [4.69, 9.17) is 15.0 Å². The smallest absolute Gasteiger partial charge is 0.404 e. The van der Waals surface area contributed by atoms with E-state index in [9.17, 15) is 19.7 Å². The van der Waals surface area contributed by atoms with Crippen molar-refractivity contribution in [3.63, 3.8) is 0 Å². The molecule has 1 aliphatic heterocycles. The SMILES string of the molecule is CC(C)C[C@H](NC(=O)[C@H](CCCN=C(N)N[N+](=O)[O-])NC(=O)C=Cc1ccc2ccccc2c1)B1O[C@@H]2C[C@@H]3C[C@@H](C3(C)C)[C@]2(C)O1. The molecule has 0 aromatic heterocycles. The molecule has 252 valence electrons. The number of amides is 2.